The lowest BCUT2D eigenvalue weighted by Gasteiger charge is -2.43. The fraction of sp³-hybridized carbons (Fsp3) is 0.571. The van der Waals surface area contributed by atoms with Gasteiger partial charge in [-0.05, 0) is 46.7 Å². The summed E-state index contributed by atoms with van der Waals surface area (Å²) in [6.07, 6.45) is 1.92. The predicted molar refractivity (Wildman–Crippen MR) is 154 cm³/mol. The molecule has 0 spiro atoms. The van der Waals surface area contributed by atoms with E-state index in [-0.39, 0.29) is 17.9 Å². The number of benzene rings is 2. The molecule has 1 aliphatic heterocycles. The van der Waals surface area contributed by atoms with Gasteiger partial charge in [-0.1, -0.05) is 81.4 Å². The van der Waals surface area contributed by atoms with E-state index in [1.165, 1.54) is 28.3 Å². The summed E-state index contributed by atoms with van der Waals surface area (Å²) in [6, 6.07) is 21.3. The number of thioether (sulfide) groups is 2. The smallest absolute Gasteiger partial charge is 0.261 e. The Kier molecular flexibility index (Phi) is 11.7. The van der Waals surface area contributed by atoms with E-state index < -0.39 is 14.4 Å². The zero-order chi connectivity index (χ0) is 25.2. The van der Waals surface area contributed by atoms with Crippen LogP contribution in [0.2, 0.25) is 5.04 Å². The van der Waals surface area contributed by atoms with Gasteiger partial charge in [-0.15, -0.1) is 23.5 Å². The zero-order valence-electron chi connectivity index (χ0n) is 21.7. The van der Waals surface area contributed by atoms with Crippen molar-refractivity contribution < 1.29 is 19.0 Å². The predicted octanol–water partition coefficient (Wildman–Crippen LogP) is 5.28. The number of ether oxygens (including phenoxy) is 2. The van der Waals surface area contributed by atoms with Crippen molar-refractivity contribution in [1.29, 1.82) is 0 Å². The van der Waals surface area contributed by atoms with Crippen LogP contribution in [-0.4, -0.2) is 61.7 Å². The van der Waals surface area contributed by atoms with Crippen LogP contribution in [0.1, 0.15) is 47.0 Å². The first-order chi connectivity index (χ1) is 16.9. The Labute approximate surface area is 221 Å². The SMILES string of the molecule is CCOCO[C@H](CO[Si](c1ccccc1)(c1ccccc1)C(C)(C)C)C[C@H](O)CC1SCCCS1. The van der Waals surface area contributed by atoms with Crippen molar-refractivity contribution in [1.82, 2.24) is 0 Å². The third-order valence-corrected chi connectivity index (χ3v) is 14.4. The molecule has 2 aromatic carbocycles. The Morgan fingerprint density at radius 1 is 0.971 bits per heavy atom. The van der Waals surface area contributed by atoms with Crippen LogP contribution in [-0.2, 0) is 13.9 Å². The summed E-state index contributed by atoms with van der Waals surface area (Å²) >= 11 is 3.94. The van der Waals surface area contributed by atoms with Crippen LogP contribution in [0.4, 0.5) is 0 Å². The average molecular weight is 535 g/mol. The number of rotatable bonds is 13. The molecule has 2 aromatic rings. The molecule has 0 radical (unpaired) electrons. The van der Waals surface area contributed by atoms with Gasteiger partial charge in [0.1, 0.15) is 6.79 Å². The molecule has 2 atom stereocenters. The second-order valence-electron chi connectivity index (χ2n) is 10.0. The van der Waals surface area contributed by atoms with Gasteiger partial charge in [0.15, 0.2) is 0 Å². The van der Waals surface area contributed by atoms with Gasteiger partial charge < -0.3 is 19.0 Å². The first-order valence-corrected chi connectivity index (χ1v) is 16.7. The molecule has 1 saturated heterocycles. The summed E-state index contributed by atoms with van der Waals surface area (Å²) in [5, 5.41) is 13.4. The Hall–Kier alpha value is -0.803. The monoisotopic (exact) mass is 534 g/mol. The molecule has 1 heterocycles. The normalized spacial score (nSPS) is 17.3. The van der Waals surface area contributed by atoms with Crippen LogP contribution in [0.5, 0.6) is 0 Å². The molecule has 3 rings (SSSR count). The highest BCUT2D eigenvalue weighted by Crippen LogP contribution is 2.37. The quantitative estimate of drug-likeness (QED) is 0.214. The van der Waals surface area contributed by atoms with Gasteiger partial charge in [0.05, 0.1) is 23.4 Å². The maximum Gasteiger partial charge on any atom is 0.261 e. The first kappa shape index (κ1) is 28.8. The largest absolute Gasteiger partial charge is 0.405 e. The molecule has 1 fully saturated rings. The molecule has 0 bridgehead atoms. The second-order valence-corrected chi connectivity index (χ2v) is 17.2. The zero-order valence-corrected chi connectivity index (χ0v) is 24.3. The van der Waals surface area contributed by atoms with E-state index in [2.05, 4.69) is 81.4 Å². The lowest BCUT2D eigenvalue weighted by molar-refractivity contribution is -0.108. The van der Waals surface area contributed by atoms with E-state index in [9.17, 15) is 5.11 Å². The fourth-order valence-electron chi connectivity index (χ4n) is 4.69. The van der Waals surface area contributed by atoms with Gasteiger partial charge in [0.2, 0.25) is 0 Å². The Balaban J connectivity index is 1.83. The minimum absolute atomic E-state index is 0.103. The molecule has 7 heteroatoms. The van der Waals surface area contributed by atoms with Crippen LogP contribution >= 0.6 is 23.5 Å². The lowest BCUT2D eigenvalue weighted by atomic mass is 10.1. The molecule has 4 nitrogen and oxygen atoms in total. The summed E-state index contributed by atoms with van der Waals surface area (Å²) in [6.45, 7) is 10.0. The number of hydrogen-bond acceptors (Lipinski definition) is 6. The van der Waals surface area contributed by atoms with Crippen molar-refractivity contribution in [3.05, 3.63) is 60.7 Å². The van der Waals surface area contributed by atoms with Crippen LogP contribution in [0.25, 0.3) is 0 Å². The lowest BCUT2D eigenvalue weighted by Crippen LogP contribution is -2.67. The molecular formula is C28H42O4S2Si. The van der Waals surface area contributed by atoms with Crippen LogP contribution < -0.4 is 10.4 Å². The van der Waals surface area contributed by atoms with Crippen molar-refractivity contribution in [3.8, 4) is 0 Å². The molecule has 35 heavy (non-hydrogen) atoms. The molecule has 0 unspecified atom stereocenters. The van der Waals surface area contributed by atoms with Crippen molar-refractivity contribution in [2.75, 3.05) is 31.5 Å². The maximum absolute atomic E-state index is 11.0. The molecule has 0 aliphatic carbocycles. The van der Waals surface area contributed by atoms with E-state index in [4.69, 9.17) is 13.9 Å². The van der Waals surface area contributed by atoms with Gasteiger partial charge in [-0.3, -0.25) is 0 Å². The minimum atomic E-state index is -2.66. The minimum Gasteiger partial charge on any atom is -0.405 e. The van der Waals surface area contributed by atoms with Gasteiger partial charge in [-0.2, -0.15) is 0 Å². The van der Waals surface area contributed by atoms with Crippen molar-refractivity contribution in [2.24, 2.45) is 0 Å². The summed E-state index contributed by atoms with van der Waals surface area (Å²) in [5.41, 5.74) is 0. The maximum atomic E-state index is 11.0. The molecule has 194 valence electrons. The van der Waals surface area contributed by atoms with Gasteiger partial charge >= 0.3 is 0 Å². The van der Waals surface area contributed by atoms with Gasteiger partial charge in [0, 0.05) is 13.0 Å². The fourth-order valence-corrected chi connectivity index (χ4v) is 12.3. The summed E-state index contributed by atoms with van der Waals surface area (Å²) in [4.78, 5) is 0. The van der Waals surface area contributed by atoms with Crippen LogP contribution in [0, 0.1) is 0 Å². The Morgan fingerprint density at radius 2 is 1.54 bits per heavy atom. The molecular weight excluding hydrogens is 493 g/mol. The van der Waals surface area contributed by atoms with Gasteiger partial charge in [-0.25, -0.2) is 0 Å². The number of aliphatic hydroxyl groups excluding tert-OH is 1. The standard InChI is InChI=1S/C28H42O4S2Si/c1-5-30-22-31-24(19-23(29)20-27-33-17-12-18-34-27)21-32-35(28(2,3)4,25-13-8-6-9-14-25)26-15-10-7-11-16-26/h6-11,13-16,23-24,27,29H,5,12,17-22H2,1-4H3/t23-,24-/m0/s1. The highest BCUT2D eigenvalue weighted by Gasteiger charge is 2.50. The summed E-state index contributed by atoms with van der Waals surface area (Å²) < 4.78 is 19.2. The third kappa shape index (κ3) is 8.09. The molecule has 0 amide bonds. The topological polar surface area (TPSA) is 47.9 Å². The second kappa shape index (κ2) is 14.2. The van der Waals surface area contributed by atoms with E-state index in [0.29, 0.717) is 24.2 Å². The van der Waals surface area contributed by atoms with E-state index in [0.717, 1.165) is 6.42 Å². The van der Waals surface area contributed by atoms with Crippen molar-refractivity contribution >= 4 is 42.2 Å². The summed E-state index contributed by atoms with van der Waals surface area (Å²) in [5.74, 6) is 2.37. The van der Waals surface area contributed by atoms with E-state index in [1.54, 1.807) is 0 Å². The van der Waals surface area contributed by atoms with Crippen molar-refractivity contribution in [3.63, 3.8) is 0 Å². The van der Waals surface area contributed by atoms with E-state index in [1.807, 2.05) is 30.4 Å². The van der Waals surface area contributed by atoms with Crippen molar-refractivity contribution in [2.45, 2.75) is 68.8 Å². The molecule has 1 aliphatic rings. The van der Waals surface area contributed by atoms with Crippen LogP contribution in [0.3, 0.4) is 0 Å². The van der Waals surface area contributed by atoms with Gasteiger partial charge in [0.25, 0.3) is 8.32 Å². The van der Waals surface area contributed by atoms with E-state index >= 15 is 0 Å². The average Bonchev–Trinajstić information content (AvgIpc) is 2.85. The first-order valence-electron chi connectivity index (χ1n) is 12.7. The molecule has 0 saturated carbocycles. The summed E-state index contributed by atoms with van der Waals surface area (Å²) in [7, 11) is -2.66. The molecule has 1 N–H and O–H groups in total. The Bertz CT molecular complexity index is 802. The third-order valence-electron chi connectivity index (χ3n) is 6.39. The number of aliphatic hydroxyl groups is 1. The highest BCUT2D eigenvalue weighted by atomic mass is 32.2. The number of hydrogen-bond donors (Lipinski definition) is 1. The van der Waals surface area contributed by atoms with Crippen LogP contribution in [0.15, 0.2) is 60.7 Å². The highest BCUT2D eigenvalue weighted by molar-refractivity contribution is 8.17. The Morgan fingerprint density at radius 3 is 2.06 bits per heavy atom. The molecule has 0 aromatic heterocycles.